The molecular formula is C16H17N3O3. The number of likely N-dealkylation sites (tertiary alicyclic amines) is 1. The smallest absolute Gasteiger partial charge is 0.254 e. The van der Waals surface area contributed by atoms with E-state index in [1.54, 1.807) is 36.2 Å². The summed E-state index contributed by atoms with van der Waals surface area (Å²) >= 11 is 0. The van der Waals surface area contributed by atoms with E-state index < -0.39 is 0 Å². The molecule has 22 heavy (non-hydrogen) atoms. The Kier molecular flexibility index (Phi) is 3.82. The number of amides is 2. The van der Waals surface area contributed by atoms with Crippen LogP contribution in [0.5, 0.6) is 0 Å². The van der Waals surface area contributed by atoms with E-state index in [1.807, 2.05) is 6.07 Å². The zero-order chi connectivity index (χ0) is 15.7. The molecule has 1 aromatic carbocycles. The molecule has 0 aliphatic carbocycles. The first-order valence-corrected chi connectivity index (χ1v) is 7.30. The first-order chi connectivity index (χ1) is 10.7. The van der Waals surface area contributed by atoms with Gasteiger partial charge in [0.2, 0.25) is 5.91 Å². The highest BCUT2D eigenvalue weighted by Gasteiger charge is 2.50. The fourth-order valence-corrected chi connectivity index (χ4v) is 3.27. The molecule has 1 N–H and O–H groups in total. The van der Waals surface area contributed by atoms with Crippen molar-refractivity contribution in [2.75, 3.05) is 20.2 Å². The lowest BCUT2D eigenvalue weighted by molar-refractivity contribution is -0.127. The van der Waals surface area contributed by atoms with Gasteiger partial charge in [-0.05, 0) is 30.7 Å². The molecule has 3 rings (SSSR count). The lowest BCUT2D eigenvalue weighted by atomic mass is 10.0. The Balaban J connectivity index is 1.83. The van der Waals surface area contributed by atoms with E-state index in [4.69, 9.17) is 10.00 Å². The van der Waals surface area contributed by atoms with Gasteiger partial charge in [-0.3, -0.25) is 9.59 Å². The second-order valence-corrected chi connectivity index (χ2v) is 5.56. The lowest BCUT2D eigenvalue weighted by Crippen LogP contribution is -2.37. The van der Waals surface area contributed by atoms with Crippen molar-refractivity contribution in [3.63, 3.8) is 0 Å². The van der Waals surface area contributed by atoms with Gasteiger partial charge in [0.15, 0.2) is 0 Å². The molecular weight excluding hydrogens is 282 g/mol. The monoisotopic (exact) mass is 299 g/mol. The summed E-state index contributed by atoms with van der Waals surface area (Å²) in [7, 11) is 1.59. The number of nitrogens with zero attached hydrogens (tertiary/aromatic N) is 2. The van der Waals surface area contributed by atoms with E-state index in [1.165, 1.54) is 0 Å². The van der Waals surface area contributed by atoms with Gasteiger partial charge < -0.3 is 15.0 Å². The van der Waals surface area contributed by atoms with Crippen LogP contribution in [0.25, 0.3) is 0 Å². The van der Waals surface area contributed by atoms with Crippen molar-refractivity contribution in [1.82, 2.24) is 10.2 Å². The fraction of sp³-hybridized carbons (Fsp3) is 0.438. The van der Waals surface area contributed by atoms with E-state index in [0.29, 0.717) is 24.3 Å². The topological polar surface area (TPSA) is 82.4 Å². The maximum absolute atomic E-state index is 12.7. The van der Waals surface area contributed by atoms with Crippen molar-refractivity contribution in [1.29, 1.82) is 5.26 Å². The number of nitriles is 1. The van der Waals surface area contributed by atoms with Crippen LogP contribution in [0.15, 0.2) is 24.3 Å². The summed E-state index contributed by atoms with van der Waals surface area (Å²) in [6, 6.07) is 8.54. The van der Waals surface area contributed by atoms with Crippen LogP contribution >= 0.6 is 0 Å². The predicted octanol–water partition coefficient (Wildman–Crippen LogP) is 0.534. The number of hydrogen-bond acceptors (Lipinski definition) is 4. The van der Waals surface area contributed by atoms with Crippen molar-refractivity contribution >= 4 is 11.8 Å². The molecule has 1 aromatic rings. The van der Waals surface area contributed by atoms with E-state index >= 15 is 0 Å². The number of carbonyl (C=O) groups excluding carboxylic acids is 2. The Hall–Kier alpha value is -2.39. The van der Waals surface area contributed by atoms with Crippen LogP contribution in [0.2, 0.25) is 0 Å². The molecule has 0 saturated carbocycles. The van der Waals surface area contributed by atoms with Crippen LogP contribution in [-0.4, -0.2) is 49.1 Å². The van der Waals surface area contributed by atoms with Crippen LogP contribution in [0, 0.1) is 17.2 Å². The molecule has 2 aliphatic rings. The minimum absolute atomic E-state index is 0.0505. The van der Waals surface area contributed by atoms with Crippen LogP contribution in [-0.2, 0) is 9.53 Å². The van der Waals surface area contributed by atoms with Crippen molar-refractivity contribution in [2.24, 2.45) is 5.92 Å². The molecule has 0 unspecified atom stereocenters. The third-order valence-electron chi connectivity index (χ3n) is 4.40. The van der Waals surface area contributed by atoms with Crippen molar-refractivity contribution in [3.05, 3.63) is 35.4 Å². The molecule has 0 bridgehead atoms. The molecule has 114 valence electrons. The predicted molar refractivity (Wildman–Crippen MR) is 77.9 cm³/mol. The van der Waals surface area contributed by atoms with Crippen molar-refractivity contribution in [3.8, 4) is 6.07 Å². The second-order valence-electron chi connectivity index (χ2n) is 5.56. The van der Waals surface area contributed by atoms with Gasteiger partial charge in [0, 0.05) is 25.8 Å². The van der Waals surface area contributed by atoms with Crippen molar-refractivity contribution in [2.45, 2.75) is 18.6 Å². The summed E-state index contributed by atoms with van der Waals surface area (Å²) in [5, 5.41) is 11.5. The van der Waals surface area contributed by atoms with Crippen LogP contribution < -0.4 is 5.32 Å². The molecule has 3 atom stereocenters. The van der Waals surface area contributed by atoms with Crippen LogP contribution in [0.1, 0.15) is 22.3 Å². The third-order valence-corrected chi connectivity index (χ3v) is 4.40. The number of nitrogens with one attached hydrogen (secondary N) is 1. The molecule has 0 radical (unpaired) electrons. The second kappa shape index (κ2) is 5.78. The minimum Gasteiger partial charge on any atom is -0.375 e. The fourth-order valence-electron chi connectivity index (χ4n) is 3.27. The Morgan fingerprint density at radius 2 is 2.09 bits per heavy atom. The number of ether oxygens (including phenoxy) is 1. The minimum atomic E-state index is -0.320. The van der Waals surface area contributed by atoms with Crippen LogP contribution in [0.4, 0.5) is 0 Å². The van der Waals surface area contributed by atoms with Gasteiger partial charge in [0.25, 0.3) is 5.91 Å². The molecule has 2 saturated heterocycles. The number of fused-ring (bicyclic) bond motifs is 1. The quantitative estimate of drug-likeness (QED) is 0.864. The number of benzene rings is 1. The SMILES string of the molecule is CNC(=O)[C@@H]1CN(C(=O)c2ccc(C#N)cc2)[C@H]2CCO[C@@H]12. The maximum atomic E-state index is 12.7. The van der Waals surface area contributed by atoms with Gasteiger partial charge in [-0.15, -0.1) is 0 Å². The van der Waals surface area contributed by atoms with E-state index in [-0.39, 0.29) is 29.9 Å². The lowest BCUT2D eigenvalue weighted by Gasteiger charge is -2.22. The average Bonchev–Trinajstić information content (AvgIpc) is 3.16. The van der Waals surface area contributed by atoms with E-state index in [9.17, 15) is 9.59 Å². The molecule has 6 heteroatoms. The Bertz CT molecular complexity index is 635. The zero-order valence-corrected chi connectivity index (χ0v) is 12.3. The first kappa shape index (κ1) is 14.5. The highest BCUT2D eigenvalue weighted by Crippen LogP contribution is 2.34. The van der Waals surface area contributed by atoms with E-state index in [0.717, 1.165) is 6.42 Å². The van der Waals surface area contributed by atoms with Gasteiger partial charge in [-0.2, -0.15) is 5.26 Å². The van der Waals surface area contributed by atoms with Crippen LogP contribution in [0.3, 0.4) is 0 Å². The maximum Gasteiger partial charge on any atom is 0.254 e. The van der Waals surface area contributed by atoms with E-state index in [2.05, 4.69) is 5.32 Å². The van der Waals surface area contributed by atoms with Gasteiger partial charge in [-0.25, -0.2) is 0 Å². The summed E-state index contributed by atoms with van der Waals surface area (Å²) < 4.78 is 5.67. The molecule has 2 aliphatic heterocycles. The van der Waals surface area contributed by atoms with Crippen molar-refractivity contribution < 1.29 is 14.3 Å². The van der Waals surface area contributed by atoms with Gasteiger partial charge in [0.1, 0.15) is 0 Å². The highest BCUT2D eigenvalue weighted by molar-refractivity contribution is 5.95. The number of hydrogen-bond donors (Lipinski definition) is 1. The summed E-state index contributed by atoms with van der Waals surface area (Å²) in [5.74, 6) is -0.525. The molecule has 2 fully saturated rings. The molecule has 2 heterocycles. The summed E-state index contributed by atoms with van der Waals surface area (Å²) in [6.07, 6.45) is 0.530. The summed E-state index contributed by atoms with van der Waals surface area (Å²) in [4.78, 5) is 26.4. The molecule has 6 nitrogen and oxygen atoms in total. The first-order valence-electron chi connectivity index (χ1n) is 7.30. The number of carbonyl (C=O) groups is 2. The van der Waals surface area contributed by atoms with Gasteiger partial charge in [0.05, 0.1) is 29.7 Å². The van der Waals surface area contributed by atoms with Gasteiger partial charge >= 0.3 is 0 Å². The summed E-state index contributed by atoms with van der Waals surface area (Å²) in [6.45, 7) is 0.938. The molecule has 2 amide bonds. The Labute approximate surface area is 128 Å². The largest absolute Gasteiger partial charge is 0.375 e. The summed E-state index contributed by atoms with van der Waals surface area (Å²) in [5.41, 5.74) is 1.05. The average molecular weight is 299 g/mol. The molecule has 0 spiro atoms. The Morgan fingerprint density at radius 3 is 2.73 bits per heavy atom. The zero-order valence-electron chi connectivity index (χ0n) is 12.3. The highest BCUT2D eigenvalue weighted by atomic mass is 16.5. The number of rotatable bonds is 2. The Morgan fingerprint density at radius 1 is 1.36 bits per heavy atom. The standard InChI is InChI=1S/C16H17N3O3/c1-18-15(20)12-9-19(13-6-7-22-14(12)13)16(21)11-4-2-10(8-17)3-5-11/h2-5,12-14H,6-7,9H2,1H3,(H,18,20)/t12-,13+,14+/m1/s1. The third kappa shape index (κ3) is 2.34. The normalized spacial score (nSPS) is 26.4. The van der Waals surface area contributed by atoms with Gasteiger partial charge in [-0.1, -0.05) is 0 Å². The molecule has 0 aromatic heterocycles.